The van der Waals surface area contributed by atoms with Crippen LogP contribution < -0.4 is 0 Å². The highest BCUT2D eigenvalue weighted by Crippen LogP contribution is 2.28. The molecule has 0 spiro atoms. The van der Waals surface area contributed by atoms with Crippen LogP contribution in [0.3, 0.4) is 0 Å². The van der Waals surface area contributed by atoms with Crippen molar-refractivity contribution in [2.75, 3.05) is 14.2 Å². The first kappa shape index (κ1) is 9.66. The van der Waals surface area contributed by atoms with E-state index in [2.05, 4.69) is 9.26 Å². The van der Waals surface area contributed by atoms with E-state index in [0.29, 0.717) is 0 Å². The van der Waals surface area contributed by atoms with Crippen LogP contribution in [0.15, 0.2) is 0 Å². The fourth-order valence-corrected chi connectivity index (χ4v) is 1.11. The number of methoxy groups -OCH3 is 1. The lowest BCUT2D eigenvalue weighted by atomic mass is 10.5. The van der Waals surface area contributed by atoms with Crippen LogP contribution in [0, 0.1) is 0 Å². The molecule has 0 aromatic carbocycles. The van der Waals surface area contributed by atoms with E-state index in [1.165, 1.54) is 21.1 Å². The average Bonchev–Trinajstić information content (AvgIpc) is 2.00. The first-order valence-electron chi connectivity index (χ1n) is 2.79. The molecular weight excluding hydrogens is 155 g/mol. The Morgan fingerprint density at radius 1 is 1.50 bits per heavy atom. The van der Waals surface area contributed by atoms with Crippen LogP contribution in [0.25, 0.3) is 0 Å². The Morgan fingerprint density at radius 3 is 2.30 bits per heavy atom. The number of carbonyl (C=O) groups excluding carboxylic acids is 1. The van der Waals surface area contributed by atoms with E-state index in [1.807, 2.05) is 0 Å². The smallest absolute Gasteiger partial charge is 0.317 e. The van der Waals surface area contributed by atoms with Gasteiger partial charge in [-0.25, -0.2) is 0 Å². The maximum Gasteiger partial charge on any atom is 0.317 e. The van der Waals surface area contributed by atoms with Gasteiger partial charge in [-0.1, -0.05) is 0 Å². The number of hydrogen-bond donors (Lipinski definition) is 0. The third kappa shape index (κ3) is 2.50. The molecule has 0 aliphatic rings. The van der Waals surface area contributed by atoms with Gasteiger partial charge in [0.2, 0.25) is 8.03 Å². The van der Waals surface area contributed by atoms with Crippen molar-refractivity contribution in [3.8, 4) is 0 Å². The monoisotopic (exact) mass is 166 g/mol. The largest absolute Gasteiger partial charge is 0.468 e. The molecule has 2 unspecified atom stereocenters. The van der Waals surface area contributed by atoms with E-state index >= 15 is 0 Å². The van der Waals surface area contributed by atoms with Gasteiger partial charge in [0.05, 0.1) is 7.11 Å². The molecular formula is C5H11O4P. The van der Waals surface area contributed by atoms with Crippen LogP contribution in [-0.2, 0) is 18.6 Å². The standard InChI is InChI=1S/C5H11O4P/c1-4(5(6)8-2)10(7)9-3/h4,10H,1-3H3. The number of esters is 1. The molecule has 5 heteroatoms. The van der Waals surface area contributed by atoms with Gasteiger partial charge in [0.15, 0.2) is 0 Å². The summed E-state index contributed by atoms with van der Waals surface area (Å²) in [6.45, 7) is 1.51. The minimum absolute atomic E-state index is 0.495. The molecule has 0 amide bonds. The first-order valence-corrected chi connectivity index (χ1v) is 4.18. The Bertz CT molecular complexity index is 129. The molecule has 0 aliphatic heterocycles. The lowest BCUT2D eigenvalue weighted by molar-refractivity contribution is -0.139. The number of rotatable bonds is 3. The molecule has 0 rings (SSSR count). The van der Waals surface area contributed by atoms with E-state index in [4.69, 9.17) is 0 Å². The predicted molar refractivity (Wildman–Crippen MR) is 37.5 cm³/mol. The molecule has 0 aromatic heterocycles. The number of hydrogen-bond acceptors (Lipinski definition) is 4. The highest BCUT2D eigenvalue weighted by atomic mass is 31.1. The Morgan fingerprint density at radius 2 is 2.00 bits per heavy atom. The Hall–Kier alpha value is -0.340. The normalized spacial score (nSPS) is 15.9. The summed E-state index contributed by atoms with van der Waals surface area (Å²) in [7, 11) is 0.317. The fraction of sp³-hybridized carbons (Fsp3) is 0.800. The summed E-state index contributed by atoms with van der Waals surface area (Å²) in [4.78, 5) is 10.6. The second kappa shape index (κ2) is 4.47. The van der Waals surface area contributed by atoms with Gasteiger partial charge in [-0.05, 0) is 6.92 Å². The Labute approximate surface area is 60.4 Å². The highest BCUT2D eigenvalue weighted by Gasteiger charge is 2.19. The van der Waals surface area contributed by atoms with Crippen LogP contribution in [0.1, 0.15) is 6.92 Å². The van der Waals surface area contributed by atoms with Gasteiger partial charge in [0, 0.05) is 7.11 Å². The van der Waals surface area contributed by atoms with Crippen molar-refractivity contribution in [3.05, 3.63) is 0 Å². The zero-order chi connectivity index (χ0) is 8.15. The minimum Gasteiger partial charge on any atom is -0.468 e. The molecule has 0 heterocycles. The van der Waals surface area contributed by atoms with Crippen molar-refractivity contribution in [1.82, 2.24) is 0 Å². The maximum absolute atomic E-state index is 10.8. The molecule has 4 nitrogen and oxygen atoms in total. The van der Waals surface area contributed by atoms with Crippen molar-refractivity contribution in [2.45, 2.75) is 12.6 Å². The van der Waals surface area contributed by atoms with Crippen molar-refractivity contribution < 1.29 is 18.6 Å². The summed E-state index contributed by atoms with van der Waals surface area (Å²) in [5, 5.41) is 0. The van der Waals surface area contributed by atoms with Crippen LogP contribution in [-0.4, -0.2) is 25.8 Å². The SMILES string of the molecule is COC(=O)C(C)[PH](=O)OC. The third-order valence-corrected chi connectivity index (χ3v) is 2.45. The number of ether oxygens (including phenoxy) is 1. The van der Waals surface area contributed by atoms with Crippen molar-refractivity contribution >= 4 is 14.0 Å². The van der Waals surface area contributed by atoms with Crippen LogP contribution in [0.2, 0.25) is 0 Å². The second-order valence-electron chi connectivity index (χ2n) is 1.77. The van der Waals surface area contributed by atoms with Gasteiger partial charge in [0.1, 0.15) is 5.66 Å². The van der Waals surface area contributed by atoms with Gasteiger partial charge >= 0.3 is 5.97 Å². The topological polar surface area (TPSA) is 52.6 Å². The van der Waals surface area contributed by atoms with Crippen molar-refractivity contribution in [2.24, 2.45) is 0 Å². The van der Waals surface area contributed by atoms with Crippen molar-refractivity contribution in [1.29, 1.82) is 0 Å². The summed E-state index contributed by atoms with van der Waals surface area (Å²) < 4.78 is 19.6. The molecule has 0 aromatic rings. The summed E-state index contributed by atoms with van der Waals surface area (Å²) in [5.74, 6) is -0.495. The Balaban J connectivity index is 3.94. The van der Waals surface area contributed by atoms with E-state index in [-0.39, 0.29) is 0 Å². The van der Waals surface area contributed by atoms with E-state index in [1.54, 1.807) is 0 Å². The minimum atomic E-state index is -2.24. The van der Waals surface area contributed by atoms with Gasteiger partial charge in [0.25, 0.3) is 0 Å². The predicted octanol–water partition coefficient (Wildman–Crippen LogP) is 0.669. The summed E-state index contributed by atoms with van der Waals surface area (Å²) in [6.07, 6.45) is 0. The third-order valence-electron chi connectivity index (χ3n) is 1.11. The Kier molecular flexibility index (Phi) is 4.32. The van der Waals surface area contributed by atoms with Gasteiger partial charge in [-0.2, -0.15) is 0 Å². The van der Waals surface area contributed by atoms with E-state index in [0.717, 1.165) is 0 Å². The zero-order valence-electron chi connectivity index (χ0n) is 6.21. The zero-order valence-corrected chi connectivity index (χ0v) is 7.21. The summed E-state index contributed by atoms with van der Waals surface area (Å²) >= 11 is 0. The molecule has 0 N–H and O–H groups in total. The van der Waals surface area contributed by atoms with Gasteiger partial charge < -0.3 is 9.26 Å². The molecule has 60 valence electrons. The van der Waals surface area contributed by atoms with Gasteiger partial charge in [-0.15, -0.1) is 0 Å². The molecule has 0 saturated carbocycles. The number of carbonyl (C=O) groups is 1. The lowest BCUT2D eigenvalue weighted by Gasteiger charge is -2.05. The fourth-order valence-electron chi connectivity index (χ4n) is 0.450. The summed E-state index contributed by atoms with van der Waals surface area (Å²) in [5.41, 5.74) is -0.639. The van der Waals surface area contributed by atoms with Crippen molar-refractivity contribution in [3.63, 3.8) is 0 Å². The first-order chi connectivity index (χ1) is 4.63. The molecule has 10 heavy (non-hydrogen) atoms. The maximum atomic E-state index is 10.8. The average molecular weight is 166 g/mol. The van der Waals surface area contributed by atoms with E-state index in [9.17, 15) is 9.36 Å². The van der Waals surface area contributed by atoms with Crippen LogP contribution in [0.5, 0.6) is 0 Å². The molecule has 0 radical (unpaired) electrons. The molecule has 0 fully saturated rings. The quantitative estimate of drug-likeness (QED) is 0.456. The lowest BCUT2D eigenvalue weighted by Crippen LogP contribution is -2.14. The van der Waals surface area contributed by atoms with Crippen LogP contribution >= 0.6 is 8.03 Å². The molecule has 0 aliphatic carbocycles. The van der Waals surface area contributed by atoms with Crippen LogP contribution in [0.4, 0.5) is 0 Å². The van der Waals surface area contributed by atoms with E-state index < -0.39 is 19.7 Å². The highest BCUT2D eigenvalue weighted by molar-refractivity contribution is 7.41. The second-order valence-corrected chi connectivity index (χ2v) is 3.68. The molecule has 2 atom stereocenters. The molecule has 0 saturated heterocycles. The van der Waals surface area contributed by atoms with Gasteiger partial charge in [-0.3, -0.25) is 9.36 Å². The summed E-state index contributed by atoms with van der Waals surface area (Å²) in [6, 6.07) is 0. The molecule has 0 bridgehead atoms.